The SMILES string of the molecule is COCC1=C(C(=O)OC)N2C(=O)C(NC(=O)/C(=N/OC)c3csc(N)n3)C2SC1. The van der Waals surface area contributed by atoms with Crippen molar-refractivity contribution in [2.75, 3.05) is 39.4 Å². The fourth-order valence-electron chi connectivity index (χ4n) is 2.96. The Morgan fingerprint density at radius 2 is 2.17 bits per heavy atom. The van der Waals surface area contributed by atoms with Crippen molar-refractivity contribution >= 4 is 51.7 Å². The van der Waals surface area contributed by atoms with Gasteiger partial charge in [-0.15, -0.1) is 23.1 Å². The molecule has 156 valence electrons. The molecule has 3 N–H and O–H groups in total. The molecule has 2 aliphatic heterocycles. The van der Waals surface area contributed by atoms with Gasteiger partial charge in [0.25, 0.3) is 11.8 Å². The highest BCUT2D eigenvalue weighted by molar-refractivity contribution is 8.00. The number of rotatable bonds is 7. The average molecular weight is 441 g/mol. The van der Waals surface area contributed by atoms with E-state index in [0.29, 0.717) is 11.3 Å². The predicted molar refractivity (Wildman–Crippen MR) is 106 cm³/mol. The fraction of sp³-hybridized carbons (Fsp3) is 0.438. The second-order valence-corrected chi connectivity index (χ2v) is 7.93. The number of aromatic nitrogens is 1. The lowest BCUT2D eigenvalue weighted by Gasteiger charge is -2.49. The van der Waals surface area contributed by atoms with Gasteiger partial charge < -0.3 is 25.4 Å². The van der Waals surface area contributed by atoms with Gasteiger partial charge in [-0.2, -0.15) is 0 Å². The van der Waals surface area contributed by atoms with Crippen LogP contribution < -0.4 is 11.1 Å². The van der Waals surface area contributed by atoms with Crippen LogP contribution in [0.15, 0.2) is 21.8 Å². The van der Waals surface area contributed by atoms with Gasteiger partial charge in [0.05, 0.1) is 13.7 Å². The lowest BCUT2D eigenvalue weighted by Crippen LogP contribution is -2.71. The van der Waals surface area contributed by atoms with Crippen LogP contribution in [0.5, 0.6) is 0 Å². The maximum absolute atomic E-state index is 12.7. The van der Waals surface area contributed by atoms with Crippen LogP contribution in [0.25, 0.3) is 0 Å². The molecule has 3 heterocycles. The highest BCUT2D eigenvalue weighted by Gasteiger charge is 2.54. The summed E-state index contributed by atoms with van der Waals surface area (Å²) in [5.41, 5.74) is 6.56. The molecule has 1 saturated heterocycles. The second kappa shape index (κ2) is 8.80. The average Bonchev–Trinajstić information content (AvgIpc) is 3.15. The third-order valence-corrected chi connectivity index (χ3v) is 6.21. The zero-order valence-corrected chi connectivity index (χ0v) is 17.5. The van der Waals surface area contributed by atoms with E-state index in [4.69, 9.17) is 20.0 Å². The number of nitrogens with two attached hydrogens (primary N) is 1. The number of β-lactam (4-membered cyclic amide) rings is 1. The molecule has 0 bridgehead atoms. The van der Waals surface area contributed by atoms with E-state index < -0.39 is 29.2 Å². The largest absolute Gasteiger partial charge is 0.464 e. The molecular weight excluding hydrogens is 422 g/mol. The van der Waals surface area contributed by atoms with Crippen LogP contribution in [-0.2, 0) is 28.7 Å². The number of thioether (sulfide) groups is 1. The third-order valence-electron chi connectivity index (χ3n) is 4.19. The van der Waals surface area contributed by atoms with Crippen molar-refractivity contribution in [3.8, 4) is 0 Å². The summed E-state index contributed by atoms with van der Waals surface area (Å²) in [6.45, 7) is 0.195. The minimum atomic E-state index is -0.839. The third kappa shape index (κ3) is 3.93. The van der Waals surface area contributed by atoms with Crippen LogP contribution >= 0.6 is 23.1 Å². The van der Waals surface area contributed by atoms with Crippen LogP contribution in [-0.4, -0.2) is 78.5 Å². The Morgan fingerprint density at radius 3 is 2.76 bits per heavy atom. The van der Waals surface area contributed by atoms with Crippen LogP contribution in [0, 0.1) is 0 Å². The van der Waals surface area contributed by atoms with Gasteiger partial charge >= 0.3 is 5.97 Å². The molecule has 0 aromatic carbocycles. The highest BCUT2D eigenvalue weighted by Crippen LogP contribution is 2.40. The number of hydrogen-bond donors (Lipinski definition) is 2. The van der Waals surface area contributed by atoms with E-state index in [-0.39, 0.29) is 28.8 Å². The van der Waals surface area contributed by atoms with Crippen molar-refractivity contribution in [1.82, 2.24) is 15.2 Å². The van der Waals surface area contributed by atoms with Crippen LogP contribution in [0.2, 0.25) is 0 Å². The molecule has 29 heavy (non-hydrogen) atoms. The normalized spacial score (nSPS) is 21.4. The van der Waals surface area contributed by atoms with Gasteiger partial charge in [0, 0.05) is 18.2 Å². The summed E-state index contributed by atoms with van der Waals surface area (Å²) >= 11 is 2.56. The Balaban J connectivity index is 1.79. The Hall–Kier alpha value is -2.64. The van der Waals surface area contributed by atoms with Crippen molar-refractivity contribution in [2.45, 2.75) is 11.4 Å². The summed E-state index contributed by atoms with van der Waals surface area (Å²) in [4.78, 5) is 47.7. The zero-order valence-electron chi connectivity index (χ0n) is 15.8. The minimum absolute atomic E-state index is 0.101. The molecule has 0 radical (unpaired) electrons. The number of nitrogens with zero attached hydrogens (tertiary/aromatic N) is 3. The molecule has 2 aliphatic rings. The summed E-state index contributed by atoms with van der Waals surface area (Å²) in [7, 11) is 4.04. The van der Waals surface area contributed by atoms with Crippen molar-refractivity contribution in [3.63, 3.8) is 0 Å². The van der Waals surface area contributed by atoms with E-state index in [1.807, 2.05) is 0 Å². The summed E-state index contributed by atoms with van der Waals surface area (Å²) in [6, 6.07) is -0.839. The topological polar surface area (TPSA) is 145 Å². The molecule has 0 aliphatic carbocycles. The minimum Gasteiger partial charge on any atom is -0.464 e. The lowest BCUT2D eigenvalue weighted by molar-refractivity contribution is -0.151. The van der Waals surface area contributed by atoms with Gasteiger partial charge in [-0.05, 0) is 5.57 Å². The van der Waals surface area contributed by atoms with Crippen molar-refractivity contribution in [1.29, 1.82) is 0 Å². The number of hydrogen-bond acceptors (Lipinski definition) is 11. The molecule has 2 amide bonds. The first-order valence-corrected chi connectivity index (χ1v) is 10.2. The number of nitrogen functional groups attached to an aromatic ring is 1. The van der Waals surface area contributed by atoms with Crippen molar-refractivity contribution in [2.24, 2.45) is 5.16 Å². The van der Waals surface area contributed by atoms with E-state index >= 15 is 0 Å². The molecule has 0 saturated carbocycles. The van der Waals surface area contributed by atoms with Gasteiger partial charge in [-0.1, -0.05) is 5.16 Å². The Labute approximate surface area is 174 Å². The Morgan fingerprint density at radius 1 is 1.41 bits per heavy atom. The molecule has 0 spiro atoms. The summed E-state index contributed by atoms with van der Waals surface area (Å²) < 4.78 is 9.93. The number of esters is 1. The molecule has 13 heteroatoms. The first-order valence-electron chi connectivity index (χ1n) is 8.30. The molecule has 2 atom stereocenters. The summed E-state index contributed by atoms with van der Waals surface area (Å²) in [6.07, 6.45) is 0. The van der Waals surface area contributed by atoms with E-state index in [0.717, 1.165) is 11.3 Å². The van der Waals surface area contributed by atoms with Gasteiger partial charge in [-0.3, -0.25) is 14.5 Å². The second-order valence-electron chi connectivity index (χ2n) is 5.93. The lowest BCUT2D eigenvalue weighted by atomic mass is 10.0. The summed E-state index contributed by atoms with van der Waals surface area (Å²) in [5, 5.41) is 7.72. The van der Waals surface area contributed by atoms with Crippen LogP contribution in [0.3, 0.4) is 0 Å². The highest BCUT2D eigenvalue weighted by atomic mass is 32.2. The van der Waals surface area contributed by atoms with Crippen molar-refractivity contribution < 1.29 is 28.7 Å². The smallest absolute Gasteiger partial charge is 0.354 e. The zero-order chi connectivity index (χ0) is 21.1. The van der Waals surface area contributed by atoms with Gasteiger partial charge in [-0.25, -0.2) is 9.78 Å². The molecule has 1 aromatic heterocycles. The number of fused-ring (bicyclic) bond motifs is 1. The Kier molecular flexibility index (Phi) is 6.39. The van der Waals surface area contributed by atoms with E-state index in [1.54, 1.807) is 5.38 Å². The summed E-state index contributed by atoms with van der Waals surface area (Å²) in [5.74, 6) is -1.23. The number of nitrogens with one attached hydrogen (secondary N) is 1. The van der Waals surface area contributed by atoms with Gasteiger partial charge in [0.2, 0.25) is 0 Å². The number of methoxy groups -OCH3 is 2. The Bertz CT molecular complexity index is 898. The van der Waals surface area contributed by atoms with Crippen LogP contribution in [0.1, 0.15) is 5.69 Å². The molecule has 1 fully saturated rings. The van der Waals surface area contributed by atoms with Crippen molar-refractivity contribution in [3.05, 3.63) is 22.3 Å². The van der Waals surface area contributed by atoms with Crippen LogP contribution in [0.4, 0.5) is 5.13 Å². The van der Waals surface area contributed by atoms with Gasteiger partial charge in [0.15, 0.2) is 10.8 Å². The number of carbonyl (C=O) groups is 3. The maximum atomic E-state index is 12.7. The number of thiazole rings is 1. The maximum Gasteiger partial charge on any atom is 0.354 e. The standard InChI is InChI=1S/C16H19N5O6S2/c1-25-4-7-5-28-14-10(13(23)21(14)11(7)15(24)26-2)19-12(22)9(20-27-3)8-6-29-16(17)18-8/h6,10,14H,4-5H2,1-3H3,(H2,17,18)(H,19,22)/b20-9+. The molecule has 2 unspecified atom stereocenters. The number of carbonyl (C=O) groups excluding carboxylic acids is 3. The number of oxime groups is 1. The predicted octanol–water partition coefficient (Wildman–Crippen LogP) is -0.451. The molecule has 1 aromatic rings. The van der Waals surface area contributed by atoms with E-state index in [2.05, 4.69) is 15.5 Å². The number of anilines is 1. The number of ether oxygens (including phenoxy) is 2. The monoisotopic (exact) mass is 441 g/mol. The molecule has 3 rings (SSSR count). The van der Waals surface area contributed by atoms with Gasteiger partial charge in [0.1, 0.15) is 29.9 Å². The first kappa shape index (κ1) is 21.1. The first-order chi connectivity index (χ1) is 13.9. The molecule has 11 nitrogen and oxygen atoms in total. The van der Waals surface area contributed by atoms with E-state index in [9.17, 15) is 14.4 Å². The van der Waals surface area contributed by atoms with E-state index in [1.165, 1.54) is 38.0 Å². The number of amides is 2. The quantitative estimate of drug-likeness (QED) is 0.249. The molecular formula is C16H19N5O6S2. The fourth-order valence-corrected chi connectivity index (χ4v) is 4.83.